The molecule has 160 valence electrons. The number of unbranched alkanes of at least 4 members (excludes halogenated alkanes) is 14. The molecule has 0 bridgehead atoms. The van der Waals surface area contributed by atoms with E-state index in [-0.39, 0.29) is 6.29 Å². The van der Waals surface area contributed by atoms with Crippen molar-refractivity contribution in [2.75, 3.05) is 13.2 Å². The highest BCUT2D eigenvalue weighted by Crippen LogP contribution is 2.12. The molecule has 0 aromatic heterocycles. The maximum atomic E-state index is 8.81. The molecule has 0 aromatic carbocycles. The van der Waals surface area contributed by atoms with E-state index >= 15 is 0 Å². The number of hydrogen-bond acceptors (Lipinski definition) is 3. The normalized spacial score (nSPS) is 11.2. The summed E-state index contributed by atoms with van der Waals surface area (Å²) in [7, 11) is 0. The Morgan fingerprint density at radius 3 is 1.33 bits per heavy atom. The predicted octanol–water partition coefficient (Wildman–Crippen LogP) is 7.93. The van der Waals surface area contributed by atoms with Gasteiger partial charge in [0.25, 0.3) is 0 Å². The third kappa shape index (κ3) is 21.6. The molecule has 0 radical (unpaired) electrons. The van der Waals surface area contributed by atoms with Crippen molar-refractivity contribution in [3.05, 3.63) is 0 Å². The van der Waals surface area contributed by atoms with Gasteiger partial charge in [-0.05, 0) is 12.8 Å². The summed E-state index contributed by atoms with van der Waals surface area (Å²) < 4.78 is 11.8. The molecule has 0 heterocycles. The van der Waals surface area contributed by atoms with Crippen molar-refractivity contribution >= 4 is 0 Å². The highest BCUT2D eigenvalue weighted by atomic mass is 16.7. The zero-order valence-electron chi connectivity index (χ0n) is 18.5. The van der Waals surface area contributed by atoms with Crippen molar-refractivity contribution in [2.45, 2.75) is 136 Å². The van der Waals surface area contributed by atoms with Crippen LogP contribution in [0.4, 0.5) is 0 Å². The van der Waals surface area contributed by atoms with E-state index in [2.05, 4.69) is 19.9 Å². The number of nitrogens with zero attached hydrogens (tertiary/aromatic N) is 1. The summed E-state index contributed by atoms with van der Waals surface area (Å²) in [5.41, 5.74) is 0. The standard InChI is InChI=1S/C24H47NO2/c1-3-5-7-9-11-13-15-17-22-26-24(20-19-21-25)27-23-18-16-14-12-10-8-6-4-2/h24H,3-20,22-23H2,1-2H3. The van der Waals surface area contributed by atoms with E-state index in [0.29, 0.717) is 12.8 Å². The van der Waals surface area contributed by atoms with Crippen LogP contribution in [0.25, 0.3) is 0 Å². The van der Waals surface area contributed by atoms with Gasteiger partial charge in [0.1, 0.15) is 0 Å². The smallest absolute Gasteiger partial charge is 0.158 e. The molecule has 3 nitrogen and oxygen atoms in total. The quantitative estimate of drug-likeness (QED) is 0.141. The Morgan fingerprint density at radius 1 is 0.593 bits per heavy atom. The molecule has 0 aromatic rings. The van der Waals surface area contributed by atoms with Gasteiger partial charge in [0.15, 0.2) is 6.29 Å². The molecule has 0 saturated heterocycles. The zero-order chi connectivity index (χ0) is 19.8. The van der Waals surface area contributed by atoms with Crippen LogP contribution < -0.4 is 0 Å². The first-order valence-electron chi connectivity index (χ1n) is 11.9. The largest absolute Gasteiger partial charge is 0.353 e. The van der Waals surface area contributed by atoms with Crippen molar-refractivity contribution in [3.63, 3.8) is 0 Å². The molecule has 0 rings (SSSR count). The van der Waals surface area contributed by atoms with E-state index in [1.54, 1.807) is 0 Å². The third-order valence-corrected chi connectivity index (χ3v) is 5.10. The molecule has 0 spiro atoms. The van der Waals surface area contributed by atoms with E-state index in [0.717, 1.165) is 26.1 Å². The van der Waals surface area contributed by atoms with Crippen LogP contribution in [0.15, 0.2) is 0 Å². The van der Waals surface area contributed by atoms with Gasteiger partial charge in [0.05, 0.1) is 6.07 Å². The molecule has 0 N–H and O–H groups in total. The lowest BCUT2D eigenvalue weighted by Crippen LogP contribution is -2.18. The topological polar surface area (TPSA) is 42.2 Å². The van der Waals surface area contributed by atoms with Crippen molar-refractivity contribution in [3.8, 4) is 6.07 Å². The van der Waals surface area contributed by atoms with Crippen molar-refractivity contribution in [1.29, 1.82) is 5.26 Å². The Labute approximate surface area is 170 Å². The fraction of sp³-hybridized carbons (Fsp3) is 0.958. The first-order chi connectivity index (χ1) is 13.3. The van der Waals surface area contributed by atoms with Crippen LogP contribution in [0.5, 0.6) is 0 Å². The predicted molar refractivity (Wildman–Crippen MR) is 116 cm³/mol. The van der Waals surface area contributed by atoms with Gasteiger partial charge in [0.2, 0.25) is 0 Å². The van der Waals surface area contributed by atoms with Gasteiger partial charge >= 0.3 is 0 Å². The lowest BCUT2D eigenvalue weighted by atomic mass is 10.1. The monoisotopic (exact) mass is 381 g/mol. The molecule has 0 aliphatic carbocycles. The van der Waals surface area contributed by atoms with Gasteiger partial charge in [-0.3, -0.25) is 0 Å². The second kappa shape index (κ2) is 23.4. The minimum absolute atomic E-state index is 0.182. The van der Waals surface area contributed by atoms with Crippen LogP contribution >= 0.6 is 0 Å². The van der Waals surface area contributed by atoms with Crippen LogP contribution in [0.3, 0.4) is 0 Å². The van der Waals surface area contributed by atoms with E-state index in [9.17, 15) is 0 Å². The highest BCUT2D eigenvalue weighted by Gasteiger charge is 2.09. The summed E-state index contributed by atoms with van der Waals surface area (Å²) in [6.07, 6.45) is 22.0. The molecular formula is C24H47NO2. The molecule has 3 heteroatoms. The number of rotatable bonds is 22. The Kier molecular flexibility index (Phi) is 22.9. The van der Waals surface area contributed by atoms with Crippen molar-refractivity contribution in [1.82, 2.24) is 0 Å². The molecule has 0 fully saturated rings. The van der Waals surface area contributed by atoms with Gasteiger partial charge in [-0.2, -0.15) is 5.26 Å². The summed E-state index contributed by atoms with van der Waals surface area (Å²) in [5.74, 6) is 0. The lowest BCUT2D eigenvalue weighted by Gasteiger charge is -2.17. The van der Waals surface area contributed by atoms with Crippen LogP contribution in [0.2, 0.25) is 0 Å². The SMILES string of the molecule is CCCCCCCCCCOC(CCC#N)OCCCCCCCCCC. The molecule has 0 unspecified atom stereocenters. The van der Waals surface area contributed by atoms with Gasteiger partial charge in [0, 0.05) is 26.1 Å². The van der Waals surface area contributed by atoms with Gasteiger partial charge in [-0.1, -0.05) is 104 Å². The number of nitriles is 1. The second-order valence-corrected chi connectivity index (χ2v) is 7.82. The average molecular weight is 382 g/mol. The molecule has 0 saturated carbocycles. The summed E-state index contributed by atoms with van der Waals surface area (Å²) in [5, 5.41) is 8.81. The molecule has 0 aliphatic rings. The Bertz CT molecular complexity index is 292. The molecule has 27 heavy (non-hydrogen) atoms. The minimum atomic E-state index is -0.182. The van der Waals surface area contributed by atoms with Crippen LogP contribution in [-0.2, 0) is 9.47 Å². The first-order valence-corrected chi connectivity index (χ1v) is 11.9. The van der Waals surface area contributed by atoms with Crippen LogP contribution in [0, 0.1) is 11.3 Å². The summed E-state index contributed by atoms with van der Waals surface area (Å²) in [4.78, 5) is 0. The first kappa shape index (κ1) is 26.4. The molecule has 0 atom stereocenters. The van der Waals surface area contributed by atoms with E-state index in [4.69, 9.17) is 14.7 Å². The van der Waals surface area contributed by atoms with Crippen molar-refractivity contribution < 1.29 is 9.47 Å². The summed E-state index contributed by atoms with van der Waals surface area (Å²) >= 11 is 0. The Morgan fingerprint density at radius 2 is 0.963 bits per heavy atom. The van der Waals surface area contributed by atoms with Gasteiger partial charge in [-0.15, -0.1) is 0 Å². The molecule has 0 amide bonds. The fourth-order valence-corrected chi connectivity index (χ4v) is 3.30. The number of hydrogen-bond donors (Lipinski definition) is 0. The second-order valence-electron chi connectivity index (χ2n) is 7.82. The summed E-state index contributed by atoms with van der Waals surface area (Å²) in [6.45, 7) is 6.05. The maximum absolute atomic E-state index is 8.81. The van der Waals surface area contributed by atoms with E-state index < -0.39 is 0 Å². The van der Waals surface area contributed by atoms with Gasteiger partial charge in [-0.25, -0.2) is 0 Å². The Hall–Kier alpha value is -0.590. The molecule has 0 aliphatic heterocycles. The Balaban J connectivity index is 3.55. The average Bonchev–Trinajstić information content (AvgIpc) is 2.68. The summed E-state index contributed by atoms with van der Waals surface area (Å²) in [6, 6.07) is 2.21. The fourth-order valence-electron chi connectivity index (χ4n) is 3.30. The number of ether oxygens (including phenoxy) is 2. The third-order valence-electron chi connectivity index (χ3n) is 5.10. The lowest BCUT2D eigenvalue weighted by molar-refractivity contribution is -0.146. The zero-order valence-corrected chi connectivity index (χ0v) is 18.5. The van der Waals surface area contributed by atoms with E-state index in [1.165, 1.54) is 89.9 Å². The molecular weight excluding hydrogens is 334 g/mol. The van der Waals surface area contributed by atoms with Crippen LogP contribution in [-0.4, -0.2) is 19.5 Å². The maximum Gasteiger partial charge on any atom is 0.158 e. The van der Waals surface area contributed by atoms with E-state index in [1.807, 2.05) is 0 Å². The van der Waals surface area contributed by atoms with Gasteiger partial charge < -0.3 is 9.47 Å². The van der Waals surface area contributed by atoms with Crippen molar-refractivity contribution in [2.24, 2.45) is 0 Å². The minimum Gasteiger partial charge on any atom is -0.353 e. The highest BCUT2D eigenvalue weighted by molar-refractivity contribution is 4.69. The van der Waals surface area contributed by atoms with Crippen LogP contribution in [0.1, 0.15) is 129 Å².